The zero-order valence-electron chi connectivity index (χ0n) is 16.0. The molecule has 1 aromatic carbocycles. The van der Waals surface area contributed by atoms with E-state index in [0.717, 1.165) is 36.8 Å². The normalized spacial score (nSPS) is 19.7. The van der Waals surface area contributed by atoms with Crippen LogP contribution in [0.25, 0.3) is 0 Å². The van der Waals surface area contributed by atoms with E-state index in [4.69, 9.17) is 4.74 Å². The molecule has 5 nitrogen and oxygen atoms in total. The van der Waals surface area contributed by atoms with Crippen molar-refractivity contribution in [1.82, 2.24) is 5.32 Å². The van der Waals surface area contributed by atoms with Crippen molar-refractivity contribution in [1.29, 1.82) is 0 Å². The lowest BCUT2D eigenvalue weighted by Gasteiger charge is -2.29. The zero-order valence-corrected chi connectivity index (χ0v) is 16.0. The van der Waals surface area contributed by atoms with Gasteiger partial charge in [-0.1, -0.05) is 25.0 Å². The third kappa shape index (κ3) is 5.41. The summed E-state index contributed by atoms with van der Waals surface area (Å²) in [6.07, 6.45) is 4.19. The first-order valence-corrected chi connectivity index (χ1v) is 9.37. The average Bonchev–Trinajstić information content (AvgIpc) is 2.66. The number of ether oxygens (including phenoxy) is 1. The molecule has 2 rings (SSSR count). The standard InChI is InChI=1S/C21H29NO4/c1-14-8-9-16(12-15(14)2)19(23)10-11-20(24)22-13-17-6-4-5-7-18(17)21(25)26-3/h8-9,12,17-18H,4-7,10-11,13H2,1-3H3,(H,22,24). The van der Waals surface area contributed by atoms with Gasteiger partial charge in [0.1, 0.15) is 0 Å². The predicted molar refractivity (Wildman–Crippen MR) is 100.0 cm³/mol. The van der Waals surface area contributed by atoms with Gasteiger partial charge in [0.2, 0.25) is 5.91 Å². The first-order valence-electron chi connectivity index (χ1n) is 9.37. The zero-order chi connectivity index (χ0) is 19.1. The van der Waals surface area contributed by atoms with E-state index in [9.17, 15) is 14.4 Å². The summed E-state index contributed by atoms with van der Waals surface area (Å²) in [4.78, 5) is 36.2. The van der Waals surface area contributed by atoms with E-state index < -0.39 is 0 Å². The molecule has 1 aliphatic carbocycles. The van der Waals surface area contributed by atoms with Gasteiger partial charge >= 0.3 is 5.97 Å². The predicted octanol–water partition coefficient (Wildman–Crippen LogP) is 3.36. The number of amides is 1. The molecule has 0 heterocycles. The maximum absolute atomic E-state index is 12.3. The second-order valence-corrected chi connectivity index (χ2v) is 7.20. The Kier molecular flexibility index (Phi) is 7.37. The molecule has 1 fully saturated rings. The Morgan fingerprint density at radius 2 is 1.81 bits per heavy atom. The minimum Gasteiger partial charge on any atom is -0.469 e. The van der Waals surface area contributed by atoms with Crippen LogP contribution in [0.15, 0.2) is 18.2 Å². The van der Waals surface area contributed by atoms with E-state index in [1.807, 2.05) is 32.0 Å². The van der Waals surface area contributed by atoms with Crippen LogP contribution in [0.3, 0.4) is 0 Å². The number of rotatable bonds is 7. The monoisotopic (exact) mass is 359 g/mol. The van der Waals surface area contributed by atoms with Crippen molar-refractivity contribution in [3.8, 4) is 0 Å². The van der Waals surface area contributed by atoms with E-state index in [1.165, 1.54) is 7.11 Å². The molecule has 1 aromatic rings. The molecule has 0 radical (unpaired) electrons. The molecule has 1 saturated carbocycles. The van der Waals surface area contributed by atoms with Crippen LogP contribution in [-0.4, -0.2) is 31.3 Å². The number of benzene rings is 1. The maximum Gasteiger partial charge on any atom is 0.309 e. The molecule has 2 atom stereocenters. The van der Waals surface area contributed by atoms with Crippen LogP contribution >= 0.6 is 0 Å². The van der Waals surface area contributed by atoms with E-state index in [0.29, 0.717) is 12.1 Å². The van der Waals surface area contributed by atoms with Gasteiger partial charge in [-0.15, -0.1) is 0 Å². The van der Waals surface area contributed by atoms with Crippen molar-refractivity contribution in [2.75, 3.05) is 13.7 Å². The number of aryl methyl sites for hydroxylation is 2. The molecular formula is C21H29NO4. The fraction of sp³-hybridized carbons (Fsp3) is 0.571. The van der Waals surface area contributed by atoms with E-state index >= 15 is 0 Å². The second-order valence-electron chi connectivity index (χ2n) is 7.20. The molecule has 1 amide bonds. The Balaban J connectivity index is 1.80. The number of hydrogen-bond acceptors (Lipinski definition) is 4. The largest absolute Gasteiger partial charge is 0.469 e. The van der Waals surface area contributed by atoms with Crippen molar-refractivity contribution >= 4 is 17.7 Å². The smallest absolute Gasteiger partial charge is 0.309 e. The van der Waals surface area contributed by atoms with Gasteiger partial charge in [-0.3, -0.25) is 14.4 Å². The van der Waals surface area contributed by atoms with E-state index in [2.05, 4.69) is 5.32 Å². The minimum atomic E-state index is -0.186. The second kappa shape index (κ2) is 9.51. The number of carbonyl (C=O) groups excluding carboxylic acids is 3. The topological polar surface area (TPSA) is 72.5 Å². The summed E-state index contributed by atoms with van der Waals surface area (Å²) in [6, 6.07) is 5.61. The van der Waals surface area contributed by atoms with Gasteiger partial charge in [0, 0.05) is 24.9 Å². The Labute approximate surface area is 155 Å². The highest BCUT2D eigenvalue weighted by molar-refractivity contribution is 5.98. The van der Waals surface area contributed by atoms with Gasteiger partial charge in [0.15, 0.2) is 5.78 Å². The fourth-order valence-corrected chi connectivity index (χ4v) is 3.53. The highest BCUT2D eigenvalue weighted by Gasteiger charge is 2.31. The summed E-state index contributed by atoms with van der Waals surface area (Å²) < 4.78 is 4.88. The Morgan fingerprint density at radius 1 is 1.08 bits per heavy atom. The highest BCUT2D eigenvalue weighted by Crippen LogP contribution is 2.30. The van der Waals surface area contributed by atoms with Gasteiger partial charge < -0.3 is 10.1 Å². The number of ketones is 1. The Hall–Kier alpha value is -2.17. The van der Waals surface area contributed by atoms with E-state index in [1.54, 1.807) is 0 Å². The summed E-state index contributed by atoms with van der Waals surface area (Å²) in [7, 11) is 1.41. The molecule has 1 N–H and O–H groups in total. The van der Waals surface area contributed by atoms with Crippen molar-refractivity contribution < 1.29 is 19.1 Å². The van der Waals surface area contributed by atoms with Gasteiger partial charge in [0.05, 0.1) is 13.0 Å². The van der Waals surface area contributed by atoms with Crippen LogP contribution in [0, 0.1) is 25.7 Å². The lowest BCUT2D eigenvalue weighted by molar-refractivity contribution is -0.148. The minimum absolute atomic E-state index is 0.0200. The van der Waals surface area contributed by atoms with Crippen LogP contribution in [-0.2, 0) is 14.3 Å². The highest BCUT2D eigenvalue weighted by atomic mass is 16.5. The molecule has 0 bridgehead atoms. The third-order valence-electron chi connectivity index (χ3n) is 5.38. The van der Waals surface area contributed by atoms with Crippen molar-refractivity contribution in [3.05, 3.63) is 34.9 Å². The van der Waals surface area contributed by atoms with Crippen LogP contribution < -0.4 is 5.32 Å². The molecule has 1 aliphatic rings. The fourth-order valence-electron chi connectivity index (χ4n) is 3.53. The van der Waals surface area contributed by atoms with Crippen LogP contribution in [0.4, 0.5) is 0 Å². The molecule has 2 unspecified atom stereocenters. The van der Waals surface area contributed by atoms with Crippen molar-refractivity contribution in [2.24, 2.45) is 11.8 Å². The van der Waals surface area contributed by atoms with Crippen molar-refractivity contribution in [2.45, 2.75) is 52.4 Å². The summed E-state index contributed by atoms with van der Waals surface area (Å²) >= 11 is 0. The number of hydrogen-bond donors (Lipinski definition) is 1. The summed E-state index contributed by atoms with van der Waals surface area (Å²) in [6.45, 7) is 4.45. The number of Topliss-reactive ketones (excluding diaryl/α,β-unsaturated/α-hetero) is 1. The van der Waals surface area contributed by atoms with Crippen molar-refractivity contribution in [3.63, 3.8) is 0 Å². The molecule has 26 heavy (non-hydrogen) atoms. The lowest BCUT2D eigenvalue weighted by Crippen LogP contribution is -2.37. The van der Waals surface area contributed by atoms with E-state index in [-0.39, 0.29) is 42.3 Å². The summed E-state index contributed by atoms with van der Waals surface area (Å²) in [5.41, 5.74) is 2.87. The molecule has 0 aliphatic heterocycles. The average molecular weight is 359 g/mol. The Bertz CT molecular complexity index is 668. The SMILES string of the molecule is COC(=O)C1CCCCC1CNC(=O)CCC(=O)c1ccc(C)c(C)c1. The van der Waals surface area contributed by atoms with Gasteiger partial charge in [-0.25, -0.2) is 0 Å². The third-order valence-corrected chi connectivity index (χ3v) is 5.38. The molecule has 142 valence electrons. The van der Waals surface area contributed by atoms with Crippen LogP contribution in [0.2, 0.25) is 0 Å². The molecule has 0 saturated heterocycles. The molecule has 0 spiro atoms. The number of carbonyl (C=O) groups is 3. The van der Waals surface area contributed by atoms with Gasteiger partial charge in [0.25, 0.3) is 0 Å². The number of esters is 1. The summed E-state index contributed by atoms with van der Waals surface area (Å²) in [5, 5.41) is 2.89. The number of methoxy groups -OCH3 is 1. The first-order chi connectivity index (χ1) is 12.4. The molecule has 5 heteroatoms. The van der Waals surface area contributed by atoms with Gasteiger partial charge in [-0.2, -0.15) is 0 Å². The summed E-state index contributed by atoms with van der Waals surface area (Å²) in [5.74, 6) is -0.361. The van der Waals surface area contributed by atoms with Gasteiger partial charge in [-0.05, 0) is 49.8 Å². The molecular weight excluding hydrogens is 330 g/mol. The van der Waals surface area contributed by atoms with Crippen LogP contribution in [0.1, 0.15) is 60.0 Å². The molecule has 0 aromatic heterocycles. The number of nitrogens with one attached hydrogen (secondary N) is 1. The van der Waals surface area contributed by atoms with Crippen LogP contribution in [0.5, 0.6) is 0 Å². The quantitative estimate of drug-likeness (QED) is 0.598. The maximum atomic E-state index is 12.3. The lowest BCUT2D eigenvalue weighted by atomic mass is 9.79. The Morgan fingerprint density at radius 3 is 2.50 bits per heavy atom. The first kappa shape index (κ1) is 20.1.